The zero-order valence-corrected chi connectivity index (χ0v) is 15.8. The van der Waals surface area contributed by atoms with Crippen LogP contribution >= 0.6 is 28.3 Å². The van der Waals surface area contributed by atoms with Gasteiger partial charge in [0.15, 0.2) is 0 Å². The van der Waals surface area contributed by atoms with Crippen molar-refractivity contribution >= 4 is 28.3 Å². The third-order valence-corrected chi connectivity index (χ3v) is 4.79. The summed E-state index contributed by atoms with van der Waals surface area (Å²) in [6.07, 6.45) is 5.12. The maximum absolute atomic E-state index is 13.7. The predicted molar refractivity (Wildman–Crippen MR) is 101 cm³/mol. The number of ether oxygens (including phenoxy) is 1. The number of nitrogens with one attached hydrogen (secondary N) is 1. The van der Waals surface area contributed by atoms with Crippen molar-refractivity contribution < 1.29 is 9.13 Å². The molecule has 1 aliphatic rings. The summed E-state index contributed by atoms with van der Waals surface area (Å²) in [6.45, 7) is 1.02. The second-order valence-corrected chi connectivity index (χ2v) is 6.91. The summed E-state index contributed by atoms with van der Waals surface area (Å²) in [5, 5.41) is 3.60. The summed E-state index contributed by atoms with van der Waals surface area (Å²) in [6, 6.07) is 13.3. The molecule has 2 nitrogen and oxygen atoms in total. The van der Waals surface area contributed by atoms with E-state index in [4.69, 9.17) is 4.74 Å². The average Bonchev–Trinajstić information content (AvgIpc) is 3.07. The van der Waals surface area contributed by atoms with Gasteiger partial charge in [0, 0.05) is 28.2 Å². The van der Waals surface area contributed by atoms with Crippen LogP contribution in [0.15, 0.2) is 46.9 Å². The lowest BCUT2D eigenvalue weighted by atomic mass is 10.1. The van der Waals surface area contributed by atoms with Crippen LogP contribution < -0.4 is 10.1 Å². The van der Waals surface area contributed by atoms with Gasteiger partial charge in [-0.3, -0.25) is 0 Å². The van der Waals surface area contributed by atoms with Crippen molar-refractivity contribution in [3.63, 3.8) is 0 Å². The van der Waals surface area contributed by atoms with Crippen molar-refractivity contribution in [1.82, 2.24) is 5.32 Å². The van der Waals surface area contributed by atoms with Crippen LogP contribution in [0.1, 0.15) is 36.8 Å². The standard InChI is InChI=1S/C19H21BrFNO.ClH/c20-16-9-10-19(23-13-14-5-1-4-8-18(14)21)15(11-16)12-22-17-6-2-3-7-17;/h1,4-5,8-11,17,22H,2-3,6-7,12-13H2;1H. The minimum Gasteiger partial charge on any atom is -0.488 e. The van der Waals surface area contributed by atoms with Crippen molar-refractivity contribution in [2.24, 2.45) is 0 Å². The Hall–Kier alpha value is -1.10. The van der Waals surface area contributed by atoms with E-state index >= 15 is 0 Å². The molecule has 0 aliphatic heterocycles. The number of rotatable bonds is 6. The van der Waals surface area contributed by atoms with Gasteiger partial charge in [0.05, 0.1) is 0 Å². The Labute approximate surface area is 157 Å². The quantitative estimate of drug-likeness (QED) is 0.662. The van der Waals surface area contributed by atoms with Crippen molar-refractivity contribution in [2.45, 2.75) is 44.9 Å². The molecule has 2 aromatic rings. The van der Waals surface area contributed by atoms with Gasteiger partial charge in [-0.15, -0.1) is 12.4 Å². The molecule has 24 heavy (non-hydrogen) atoms. The lowest BCUT2D eigenvalue weighted by Crippen LogP contribution is -2.25. The first-order chi connectivity index (χ1) is 11.2. The average molecular weight is 415 g/mol. The normalized spacial score (nSPS) is 14.4. The van der Waals surface area contributed by atoms with E-state index in [1.165, 1.54) is 31.7 Å². The maximum Gasteiger partial charge on any atom is 0.129 e. The number of benzene rings is 2. The number of hydrogen-bond acceptors (Lipinski definition) is 2. The van der Waals surface area contributed by atoms with E-state index in [0.29, 0.717) is 11.6 Å². The summed E-state index contributed by atoms with van der Waals surface area (Å²) in [5.74, 6) is 0.581. The molecule has 1 fully saturated rings. The van der Waals surface area contributed by atoms with Crippen LogP contribution in [0.25, 0.3) is 0 Å². The van der Waals surface area contributed by atoms with Crippen molar-refractivity contribution in [2.75, 3.05) is 0 Å². The van der Waals surface area contributed by atoms with Gasteiger partial charge in [0.25, 0.3) is 0 Å². The van der Waals surface area contributed by atoms with E-state index < -0.39 is 0 Å². The molecule has 3 rings (SSSR count). The first kappa shape index (κ1) is 19.2. The van der Waals surface area contributed by atoms with Gasteiger partial charge >= 0.3 is 0 Å². The van der Waals surface area contributed by atoms with Crippen molar-refractivity contribution in [1.29, 1.82) is 0 Å². The first-order valence-corrected chi connectivity index (χ1v) is 8.89. The van der Waals surface area contributed by atoms with Crippen LogP contribution in [0.4, 0.5) is 4.39 Å². The summed E-state index contributed by atoms with van der Waals surface area (Å²) >= 11 is 3.51. The van der Waals surface area contributed by atoms with Gasteiger partial charge < -0.3 is 10.1 Å². The Morgan fingerprint density at radius 3 is 2.58 bits per heavy atom. The molecule has 1 N–H and O–H groups in total. The zero-order valence-electron chi connectivity index (χ0n) is 13.4. The fraction of sp³-hybridized carbons (Fsp3) is 0.368. The van der Waals surface area contributed by atoms with E-state index in [9.17, 15) is 4.39 Å². The van der Waals surface area contributed by atoms with Crippen LogP contribution in [0.2, 0.25) is 0 Å². The monoisotopic (exact) mass is 413 g/mol. The molecule has 0 spiro atoms. The van der Waals surface area contributed by atoms with Gasteiger partial charge in [0.1, 0.15) is 18.2 Å². The second kappa shape index (κ2) is 9.40. The zero-order chi connectivity index (χ0) is 16.1. The van der Waals surface area contributed by atoms with Crippen LogP contribution in [0, 0.1) is 5.82 Å². The maximum atomic E-state index is 13.7. The molecular formula is C19H22BrClFNO. The Morgan fingerprint density at radius 2 is 1.83 bits per heavy atom. The molecule has 0 saturated heterocycles. The van der Waals surface area contributed by atoms with E-state index in [1.807, 2.05) is 18.2 Å². The molecule has 2 aromatic carbocycles. The van der Waals surface area contributed by atoms with Gasteiger partial charge in [-0.1, -0.05) is 47.0 Å². The summed E-state index contributed by atoms with van der Waals surface area (Å²) in [5.41, 5.74) is 1.67. The highest BCUT2D eigenvalue weighted by Crippen LogP contribution is 2.26. The van der Waals surface area contributed by atoms with E-state index in [0.717, 1.165) is 22.3 Å². The highest BCUT2D eigenvalue weighted by atomic mass is 79.9. The van der Waals surface area contributed by atoms with Gasteiger partial charge in [-0.25, -0.2) is 4.39 Å². The number of hydrogen-bond donors (Lipinski definition) is 1. The molecule has 0 atom stereocenters. The molecule has 1 saturated carbocycles. The molecule has 0 amide bonds. The summed E-state index contributed by atoms with van der Waals surface area (Å²) in [4.78, 5) is 0. The Bertz CT molecular complexity index is 662. The van der Waals surface area contributed by atoms with E-state index in [1.54, 1.807) is 12.1 Å². The molecule has 1 aliphatic carbocycles. The first-order valence-electron chi connectivity index (χ1n) is 8.10. The molecule has 0 heterocycles. The molecular weight excluding hydrogens is 393 g/mol. The Morgan fingerprint density at radius 1 is 1.08 bits per heavy atom. The smallest absolute Gasteiger partial charge is 0.129 e. The fourth-order valence-electron chi connectivity index (χ4n) is 2.98. The van der Waals surface area contributed by atoms with Gasteiger partial charge in [-0.05, 0) is 37.1 Å². The Kier molecular flexibility index (Phi) is 7.53. The third kappa shape index (κ3) is 5.20. The van der Waals surface area contributed by atoms with Gasteiger partial charge in [-0.2, -0.15) is 0 Å². The second-order valence-electron chi connectivity index (χ2n) is 5.99. The summed E-state index contributed by atoms with van der Waals surface area (Å²) < 4.78 is 20.6. The minimum absolute atomic E-state index is 0. The van der Waals surface area contributed by atoms with Crippen molar-refractivity contribution in [3.8, 4) is 5.75 Å². The molecule has 0 radical (unpaired) electrons. The lowest BCUT2D eigenvalue weighted by molar-refractivity contribution is 0.295. The van der Waals surface area contributed by atoms with Crippen LogP contribution in [0.3, 0.4) is 0 Å². The lowest BCUT2D eigenvalue weighted by Gasteiger charge is -2.16. The SMILES string of the molecule is Cl.Fc1ccccc1COc1ccc(Br)cc1CNC1CCCC1. The largest absolute Gasteiger partial charge is 0.488 e. The minimum atomic E-state index is -0.227. The number of halogens is 3. The molecule has 0 aromatic heterocycles. The van der Waals surface area contributed by atoms with E-state index in [2.05, 4.69) is 27.3 Å². The van der Waals surface area contributed by atoms with Crippen LogP contribution in [-0.2, 0) is 13.2 Å². The fourth-order valence-corrected chi connectivity index (χ4v) is 3.39. The summed E-state index contributed by atoms with van der Waals surface area (Å²) in [7, 11) is 0. The molecule has 5 heteroatoms. The highest BCUT2D eigenvalue weighted by molar-refractivity contribution is 9.10. The predicted octanol–water partition coefficient (Wildman–Crippen LogP) is 5.62. The highest BCUT2D eigenvalue weighted by Gasteiger charge is 2.15. The Balaban J connectivity index is 0.00000208. The molecule has 0 bridgehead atoms. The van der Waals surface area contributed by atoms with Gasteiger partial charge in [0.2, 0.25) is 0 Å². The van der Waals surface area contributed by atoms with Crippen molar-refractivity contribution in [3.05, 3.63) is 63.9 Å². The molecule has 130 valence electrons. The van der Waals surface area contributed by atoms with Crippen LogP contribution in [0.5, 0.6) is 5.75 Å². The van der Waals surface area contributed by atoms with E-state index in [-0.39, 0.29) is 24.8 Å². The third-order valence-electron chi connectivity index (χ3n) is 4.30. The topological polar surface area (TPSA) is 21.3 Å². The molecule has 0 unspecified atom stereocenters. The van der Waals surface area contributed by atoms with Crippen LogP contribution in [-0.4, -0.2) is 6.04 Å².